The third kappa shape index (κ3) is 5.46. The molecule has 0 saturated carbocycles. The number of amides is 1. The molecule has 0 spiro atoms. The smallest absolute Gasteiger partial charge is 0.254 e. The summed E-state index contributed by atoms with van der Waals surface area (Å²) in [5.74, 6) is 0.0916. The summed E-state index contributed by atoms with van der Waals surface area (Å²) in [6.45, 7) is 5.23. The van der Waals surface area contributed by atoms with Crippen LogP contribution >= 0.6 is 11.9 Å². The third-order valence-corrected chi connectivity index (χ3v) is 7.31. The van der Waals surface area contributed by atoms with Gasteiger partial charge in [-0.15, -0.1) is 0 Å². The van der Waals surface area contributed by atoms with Gasteiger partial charge < -0.3 is 19.5 Å². The number of carbonyl (C=O) groups excluding carboxylic acids is 1. The first-order valence-electron chi connectivity index (χ1n) is 12.3. The maximum Gasteiger partial charge on any atom is 0.254 e. The molecule has 35 heavy (non-hydrogen) atoms. The number of piperazine rings is 1. The molecule has 0 atom stereocenters. The Balaban J connectivity index is 1.17. The summed E-state index contributed by atoms with van der Waals surface area (Å²) in [7, 11) is 0. The molecule has 5 rings (SSSR count). The number of hydrogen-bond donors (Lipinski definition) is 2. The predicted molar refractivity (Wildman–Crippen MR) is 145 cm³/mol. The van der Waals surface area contributed by atoms with Gasteiger partial charge in [0.1, 0.15) is 5.65 Å². The molecule has 2 aromatic carbocycles. The molecule has 0 radical (unpaired) electrons. The number of unbranched alkanes of at least 4 members (excludes halogenated alkanes) is 1. The first-order chi connectivity index (χ1) is 17.2. The van der Waals surface area contributed by atoms with Crippen molar-refractivity contribution < 1.29 is 4.79 Å². The fourth-order valence-electron chi connectivity index (χ4n) is 4.49. The van der Waals surface area contributed by atoms with Crippen LogP contribution in [0.4, 0.5) is 11.4 Å². The highest BCUT2D eigenvalue weighted by Gasteiger charge is 2.23. The van der Waals surface area contributed by atoms with E-state index in [0.717, 1.165) is 46.7 Å². The molecule has 0 aliphatic carbocycles. The lowest BCUT2D eigenvalue weighted by atomic mass is 10.1. The third-order valence-electron chi connectivity index (χ3n) is 6.49. The molecule has 6 nitrogen and oxygen atoms in total. The Morgan fingerprint density at radius 1 is 1.06 bits per heavy atom. The van der Waals surface area contributed by atoms with Crippen molar-refractivity contribution in [3.05, 3.63) is 84.2 Å². The Hall–Kier alpha value is -3.45. The van der Waals surface area contributed by atoms with Crippen molar-refractivity contribution in [2.45, 2.75) is 31.1 Å². The SMILES string of the molecule is CCCCc1ccc(NSc2cccc(C(=O)N3CCN(c4ccnc5[nH]ccc45)CC3)c2)cc1. The molecule has 0 unspecified atom stereocenters. The van der Waals surface area contributed by atoms with Gasteiger partial charge in [0, 0.05) is 65.8 Å². The molecular weight excluding hydrogens is 454 g/mol. The van der Waals surface area contributed by atoms with Gasteiger partial charge in [0.15, 0.2) is 0 Å². The van der Waals surface area contributed by atoms with Crippen molar-refractivity contribution in [1.82, 2.24) is 14.9 Å². The molecule has 0 bridgehead atoms. The molecule has 2 aromatic heterocycles. The average Bonchev–Trinajstić information content (AvgIpc) is 3.40. The number of carbonyl (C=O) groups is 1. The summed E-state index contributed by atoms with van der Waals surface area (Å²) in [5, 5.41) is 1.13. The van der Waals surface area contributed by atoms with Gasteiger partial charge in [-0.1, -0.05) is 31.5 Å². The number of nitrogens with one attached hydrogen (secondary N) is 2. The second kappa shape index (κ2) is 10.9. The van der Waals surface area contributed by atoms with E-state index in [1.807, 2.05) is 41.6 Å². The molecule has 4 aromatic rings. The van der Waals surface area contributed by atoms with E-state index in [9.17, 15) is 4.79 Å². The lowest BCUT2D eigenvalue weighted by Gasteiger charge is -2.36. The lowest BCUT2D eigenvalue weighted by molar-refractivity contribution is 0.0746. The maximum atomic E-state index is 13.2. The minimum Gasteiger partial charge on any atom is -0.367 e. The van der Waals surface area contributed by atoms with Gasteiger partial charge >= 0.3 is 0 Å². The highest BCUT2D eigenvalue weighted by molar-refractivity contribution is 8.00. The van der Waals surface area contributed by atoms with E-state index >= 15 is 0 Å². The number of H-pyrrole nitrogens is 1. The van der Waals surface area contributed by atoms with Crippen molar-refractivity contribution in [2.75, 3.05) is 35.8 Å². The Morgan fingerprint density at radius 3 is 2.69 bits per heavy atom. The minimum absolute atomic E-state index is 0.0916. The number of hydrogen-bond acceptors (Lipinski definition) is 5. The number of anilines is 2. The van der Waals surface area contributed by atoms with E-state index in [0.29, 0.717) is 13.1 Å². The Morgan fingerprint density at radius 2 is 1.89 bits per heavy atom. The van der Waals surface area contributed by atoms with Crippen LogP contribution < -0.4 is 9.62 Å². The minimum atomic E-state index is 0.0916. The highest BCUT2D eigenvalue weighted by Crippen LogP contribution is 2.27. The molecule has 180 valence electrons. The van der Waals surface area contributed by atoms with E-state index in [1.54, 1.807) is 0 Å². The summed E-state index contributed by atoms with van der Waals surface area (Å²) in [5.41, 5.74) is 5.24. The number of aromatic amines is 1. The summed E-state index contributed by atoms with van der Waals surface area (Å²) in [6, 6.07) is 20.6. The monoisotopic (exact) mass is 485 g/mol. The second-order valence-corrected chi connectivity index (χ2v) is 9.76. The Labute approximate surface area is 210 Å². The van der Waals surface area contributed by atoms with Crippen LogP contribution in [-0.4, -0.2) is 47.0 Å². The summed E-state index contributed by atoms with van der Waals surface area (Å²) >= 11 is 1.54. The fraction of sp³-hybridized carbons (Fsp3) is 0.286. The van der Waals surface area contributed by atoms with Crippen molar-refractivity contribution in [3.8, 4) is 0 Å². The number of nitrogens with zero attached hydrogens (tertiary/aromatic N) is 3. The van der Waals surface area contributed by atoms with Crippen molar-refractivity contribution in [2.24, 2.45) is 0 Å². The lowest BCUT2D eigenvalue weighted by Crippen LogP contribution is -2.48. The number of rotatable bonds is 8. The average molecular weight is 486 g/mol. The summed E-state index contributed by atoms with van der Waals surface area (Å²) in [4.78, 5) is 26.1. The standard InChI is InChI=1S/C28H31N5OS/c1-2-3-5-21-8-10-23(11-9-21)31-35-24-7-4-6-22(20-24)28(34)33-18-16-32(17-19-33)26-13-15-30-27-25(26)12-14-29-27/h4,6-15,20,31H,2-3,5,16-19H2,1H3,(H,29,30). The van der Waals surface area contributed by atoms with Crippen LogP contribution in [0.1, 0.15) is 35.7 Å². The second-order valence-electron chi connectivity index (χ2n) is 8.88. The quantitative estimate of drug-likeness (QED) is 0.300. The van der Waals surface area contributed by atoms with Crippen LogP contribution in [0, 0.1) is 0 Å². The van der Waals surface area contributed by atoms with E-state index < -0.39 is 0 Å². The zero-order chi connectivity index (χ0) is 24.0. The van der Waals surface area contributed by atoms with Gasteiger partial charge in [0.2, 0.25) is 0 Å². The van der Waals surface area contributed by atoms with Crippen molar-refractivity contribution >= 4 is 40.3 Å². The van der Waals surface area contributed by atoms with Crippen LogP contribution in [0.15, 0.2) is 78.0 Å². The van der Waals surface area contributed by atoms with Crippen molar-refractivity contribution in [3.63, 3.8) is 0 Å². The van der Waals surface area contributed by atoms with Gasteiger partial charge in [-0.2, -0.15) is 0 Å². The van der Waals surface area contributed by atoms with Gasteiger partial charge in [-0.05, 0) is 72.8 Å². The number of benzene rings is 2. The molecule has 2 N–H and O–H groups in total. The molecular formula is C28H31N5OS. The van der Waals surface area contributed by atoms with Crippen LogP contribution in [0.3, 0.4) is 0 Å². The molecule has 1 amide bonds. The van der Waals surface area contributed by atoms with E-state index in [1.165, 1.54) is 36.0 Å². The first-order valence-corrected chi connectivity index (χ1v) is 13.1. The van der Waals surface area contributed by atoms with Gasteiger partial charge in [0.25, 0.3) is 5.91 Å². The largest absolute Gasteiger partial charge is 0.367 e. The number of aryl methyl sites for hydroxylation is 1. The number of aromatic nitrogens is 2. The van der Waals surface area contributed by atoms with Gasteiger partial charge in [-0.3, -0.25) is 4.79 Å². The summed E-state index contributed by atoms with van der Waals surface area (Å²) < 4.78 is 3.40. The topological polar surface area (TPSA) is 64.3 Å². The van der Waals surface area contributed by atoms with E-state index in [-0.39, 0.29) is 5.91 Å². The van der Waals surface area contributed by atoms with Crippen LogP contribution in [0.5, 0.6) is 0 Å². The zero-order valence-electron chi connectivity index (χ0n) is 20.0. The maximum absolute atomic E-state index is 13.2. The molecule has 7 heteroatoms. The number of fused-ring (bicyclic) bond motifs is 1. The molecule has 1 fully saturated rings. The van der Waals surface area contributed by atoms with Gasteiger partial charge in [0.05, 0.1) is 0 Å². The van der Waals surface area contributed by atoms with Crippen LogP contribution in [0.25, 0.3) is 11.0 Å². The zero-order valence-corrected chi connectivity index (χ0v) is 20.9. The van der Waals surface area contributed by atoms with Crippen LogP contribution in [-0.2, 0) is 6.42 Å². The molecule has 1 aliphatic rings. The Kier molecular flexibility index (Phi) is 7.23. The predicted octanol–water partition coefficient (Wildman–Crippen LogP) is 5.99. The van der Waals surface area contributed by atoms with Crippen LogP contribution in [0.2, 0.25) is 0 Å². The van der Waals surface area contributed by atoms with Crippen molar-refractivity contribution in [1.29, 1.82) is 0 Å². The van der Waals surface area contributed by atoms with E-state index in [4.69, 9.17) is 0 Å². The Bertz CT molecular complexity index is 1280. The number of pyridine rings is 1. The summed E-state index contributed by atoms with van der Waals surface area (Å²) in [6.07, 6.45) is 7.31. The van der Waals surface area contributed by atoms with E-state index in [2.05, 4.69) is 62.9 Å². The molecule has 3 heterocycles. The fourth-order valence-corrected chi connectivity index (χ4v) is 5.19. The van der Waals surface area contributed by atoms with Gasteiger partial charge in [-0.25, -0.2) is 4.98 Å². The normalized spacial score (nSPS) is 13.9. The highest BCUT2D eigenvalue weighted by atomic mass is 32.2. The molecule has 1 saturated heterocycles. The first kappa shape index (κ1) is 23.3. The molecule has 1 aliphatic heterocycles.